The van der Waals surface area contributed by atoms with E-state index in [4.69, 9.17) is 0 Å². The van der Waals surface area contributed by atoms with Gasteiger partial charge < -0.3 is 5.32 Å². The van der Waals surface area contributed by atoms with Crippen LogP contribution in [-0.2, 0) is 0 Å². The van der Waals surface area contributed by atoms with Gasteiger partial charge in [-0.15, -0.1) is 0 Å². The second-order valence-electron chi connectivity index (χ2n) is 8.53. The lowest BCUT2D eigenvalue weighted by molar-refractivity contribution is 0.0678. The lowest BCUT2D eigenvalue weighted by atomic mass is 9.61. The number of hydrogen-bond acceptors (Lipinski definition) is 1. The Morgan fingerprint density at radius 2 is 1.75 bits per heavy atom. The van der Waals surface area contributed by atoms with E-state index in [0.717, 1.165) is 11.8 Å². The molecule has 0 saturated heterocycles. The number of rotatable bonds is 7. The lowest BCUT2D eigenvalue weighted by Crippen LogP contribution is -2.41. The minimum absolute atomic E-state index is 0.499. The summed E-state index contributed by atoms with van der Waals surface area (Å²) in [6, 6.07) is 0. The highest BCUT2D eigenvalue weighted by Gasteiger charge is 2.38. The average Bonchev–Trinajstić information content (AvgIpc) is 2.38. The molecule has 1 nitrogen and oxygen atoms in total. The molecule has 0 radical (unpaired) electrons. The standard InChI is InChI=1S/C19H39N/c1-7-13-20-15-19(14-16(3)8-2)11-9-17(10-12-19)18(4,5)6/h16-17,20H,7-15H2,1-6H3. The first-order valence-electron chi connectivity index (χ1n) is 9.03. The fourth-order valence-corrected chi connectivity index (χ4v) is 3.96. The highest BCUT2D eigenvalue weighted by atomic mass is 14.9. The first kappa shape index (κ1) is 18.0. The van der Waals surface area contributed by atoms with E-state index >= 15 is 0 Å². The summed E-state index contributed by atoms with van der Waals surface area (Å²) >= 11 is 0. The summed E-state index contributed by atoms with van der Waals surface area (Å²) in [7, 11) is 0. The van der Waals surface area contributed by atoms with Crippen LogP contribution in [0, 0.1) is 22.7 Å². The first-order chi connectivity index (χ1) is 9.33. The van der Waals surface area contributed by atoms with Gasteiger partial charge in [0.25, 0.3) is 0 Å². The van der Waals surface area contributed by atoms with Crippen LogP contribution in [0.3, 0.4) is 0 Å². The first-order valence-corrected chi connectivity index (χ1v) is 9.03. The molecule has 0 aliphatic heterocycles. The van der Waals surface area contributed by atoms with Crippen LogP contribution in [0.2, 0.25) is 0 Å². The van der Waals surface area contributed by atoms with E-state index in [1.165, 1.54) is 58.0 Å². The third-order valence-corrected chi connectivity index (χ3v) is 5.68. The predicted molar refractivity (Wildman–Crippen MR) is 91.1 cm³/mol. The largest absolute Gasteiger partial charge is 0.316 e. The van der Waals surface area contributed by atoms with Gasteiger partial charge in [-0.3, -0.25) is 0 Å². The Morgan fingerprint density at radius 3 is 2.20 bits per heavy atom. The van der Waals surface area contributed by atoms with Crippen molar-refractivity contribution < 1.29 is 0 Å². The average molecular weight is 282 g/mol. The maximum atomic E-state index is 3.73. The molecule has 0 bridgehead atoms. The Hall–Kier alpha value is -0.0400. The van der Waals surface area contributed by atoms with Gasteiger partial charge >= 0.3 is 0 Å². The molecule has 0 aromatic carbocycles. The molecular formula is C19H39N. The van der Waals surface area contributed by atoms with E-state index in [2.05, 4.69) is 46.9 Å². The van der Waals surface area contributed by atoms with E-state index in [1.54, 1.807) is 0 Å². The molecular weight excluding hydrogens is 242 g/mol. The molecule has 0 aromatic rings. The molecule has 0 aromatic heterocycles. The maximum absolute atomic E-state index is 3.73. The topological polar surface area (TPSA) is 12.0 Å². The van der Waals surface area contributed by atoms with Crippen LogP contribution in [0.1, 0.15) is 86.5 Å². The van der Waals surface area contributed by atoms with Crippen molar-refractivity contribution in [1.29, 1.82) is 0 Å². The smallest absolute Gasteiger partial charge is 0.000791 e. The van der Waals surface area contributed by atoms with E-state index in [0.29, 0.717) is 10.8 Å². The predicted octanol–water partition coefficient (Wildman–Crippen LogP) is 5.64. The van der Waals surface area contributed by atoms with Crippen molar-refractivity contribution >= 4 is 0 Å². The van der Waals surface area contributed by atoms with Gasteiger partial charge in [-0.2, -0.15) is 0 Å². The summed E-state index contributed by atoms with van der Waals surface area (Å²) in [5.41, 5.74) is 1.09. The van der Waals surface area contributed by atoms with Gasteiger partial charge in [0, 0.05) is 6.54 Å². The molecule has 0 heterocycles. The van der Waals surface area contributed by atoms with Crippen molar-refractivity contribution in [1.82, 2.24) is 5.32 Å². The summed E-state index contributed by atoms with van der Waals surface area (Å²) in [4.78, 5) is 0. The van der Waals surface area contributed by atoms with Gasteiger partial charge in [0.1, 0.15) is 0 Å². The van der Waals surface area contributed by atoms with Crippen LogP contribution in [0.5, 0.6) is 0 Å². The summed E-state index contributed by atoms with van der Waals surface area (Å²) < 4.78 is 0. The van der Waals surface area contributed by atoms with Gasteiger partial charge in [0.15, 0.2) is 0 Å². The number of nitrogens with one attached hydrogen (secondary N) is 1. The van der Waals surface area contributed by atoms with Gasteiger partial charge in [-0.25, -0.2) is 0 Å². The zero-order chi connectivity index (χ0) is 15.2. The third-order valence-electron chi connectivity index (χ3n) is 5.68. The molecule has 1 N–H and O–H groups in total. The van der Waals surface area contributed by atoms with E-state index in [-0.39, 0.29) is 0 Å². The zero-order valence-electron chi connectivity index (χ0n) is 15.0. The molecule has 1 fully saturated rings. The Labute approximate surface area is 128 Å². The molecule has 1 aliphatic rings. The lowest BCUT2D eigenvalue weighted by Gasteiger charge is -2.45. The Balaban J connectivity index is 2.61. The van der Waals surface area contributed by atoms with E-state index in [1.807, 2.05) is 0 Å². The van der Waals surface area contributed by atoms with Crippen LogP contribution in [-0.4, -0.2) is 13.1 Å². The zero-order valence-corrected chi connectivity index (χ0v) is 15.0. The normalized spacial score (nSPS) is 29.4. The van der Waals surface area contributed by atoms with Gasteiger partial charge in [0.05, 0.1) is 0 Å². The Morgan fingerprint density at radius 1 is 1.15 bits per heavy atom. The van der Waals surface area contributed by atoms with Gasteiger partial charge in [0.2, 0.25) is 0 Å². The Kier molecular flexibility index (Phi) is 7.04. The monoisotopic (exact) mass is 281 g/mol. The minimum atomic E-state index is 0.499. The molecule has 120 valence electrons. The van der Waals surface area contributed by atoms with Crippen LogP contribution in [0.25, 0.3) is 0 Å². The van der Waals surface area contributed by atoms with Gasteiger partial charge in [-0.05, 0) is 67.7 Å². The summed E-state index contributed by atoms with van der Waals surface area (Å²) in [5, 5.41) is 3.73. The minimum Gasteiger partial charge on any atom is -0.316 e. The highest BCUT2D eigenvalue weighted by Crippen LogP contribution is 2.48. The second-order valence-corrected chi connectivity index (χ2v) is 8.53. The van der Waals surface area contributed by atoms with Crippen molar-refractivity contribution in [2.24, 2.45) is 22.7 Å². The van der Waals surface area contributed by atoms with E-state index < -0.39 is 0 Å². The Bertz CT molecular complexity index is 255. The van der Waals surface area contributed by atoms with Crippen molar-refractivity contribution in [2.45, 2.75) is 86.5 Å². The van der Waals surface area contributed by atoms with E-state index in [9.17, 15) is 0 Å². The number of hydrogen-bond donors (Lipinski definition) is 1. The molecule has 0 amide bonds. The quantitative estimate of drug-likeness (QED) is 0.595. The fourth-order valence-electron chi connectivity index (χ4n) is 3.96. The van der Waals surface area contributed by atoms with Crippen molar-refractivity contribution in [3.8, 4) is 0 Å². The maximum Gasteiger partial charge on any atom is 0.000791 e. The summed E-state index contributed by atoms with van der Waals surface area (Å²) in [6.07, 6.45) is 9.77. The van der Waals surface area contributed by atoms with Crippen molar-refractivity contribution in [3.63, 3.8) is 0 Å². The summed E-state index contributed by atoms with van der Waals surface area (Å²) in [6.45, 7) is 16.8. The van der Waals surface area contributed by atoms with Crippen LogP contribution >= 0.6 is 0 Å². The van der Waals surface area contributed by atoms with Crippen LogP contribution < -0.4 is 5.32 Å². The van der Waals surface area contributed by atoms with Crippen molar-refractivity contribution in [2.75, 3.05) is 13.1 Å². The second kappa shape index (κ2) is 7.82. The highest BCUT2D eigenvalue weighted by molar-refractivity contribution is 4.91. The van der Waals surface area contributed by atoms with Crippen LogP contribution in [0.15, 0.2) is 0 Å². The molecule has 1 unspecified atom stereocenters. The van der Waals surface area contributed by atoms with Crippen molar-refractivity contribution in [3.05, 3.63) is 0 Å². The molecule has 1 atom stereocenters. The summed E-state index contributed by atoms with van der Waals surface area (Å²) in [5.74, 6) is 1.81. The SMILES string of the molecule is CCCNCC1(CC(C)CC)CCC(C(C)(C)C)CC1. The fraction of sp³-hybridized carbons (Fsp3) is 1.00. The molecule has 0 spiro atoms. The molecule has 20 heavy (non-hydrogen) atoms. The molecule has 1 heteroatoms. The van der Waals surface area contributed by atoms with Gasteiger partial charge in [-0.1, -0.05) is 48.0 Å². The van der Waals surface area contributed by atoms with Crippen LogP contribution in [0.4, 0.5) is 0 Å². The third kappa shape index (κ3) is 5.39. The molecule has 1 rings (SSSR count). The molecule has 1 aliphatic carbocycles. The molecule has 1 saturated carbocycles.